The van der Waals surface area contributed by atoms with Gasteiger partial charge in [0.05, 0.1) is 11.1 Å². The molecule has 0 atom stereocenters. The monoisotopic (exact) mass is 319 g/mol. The first-order chi connectivity index (χ1) is 11.6. The van der Waals surface area contributed by atoms with Crippen LogP contribution < -0.4 is 11.1 Å². The quantitative estimate of drug-likeness (QED) is 0.634. The molecule has 5 nitrogen and oxygen atoms in total. The maximum atomic E-state index is 12.7. The van der Waals surface area contributed by atoms with Crippen LogP contribution >= 0.6 is 0 Å². The number of amides is 1. The fraction of sp³-hybridized carbons (Fsp3) is 0.158. The van der Waals surface area contributed by atoms with Gasteiger partial charge in [0.15, 0.2) is 0 Å². The molecule has 120 valence electrons. The first kappa shape index (κ1) is 14.5. The van der Waals surface area contributed by atoms with Gasteiger partial charge in [0.25, 0.3) is 5.91 Å². The number of H-pyrrole nitrogens is 1. The molecule has 0 bridgehead atoms. The van der Waals surface area contributed by atoms with E-state index in [4.69, 9.17) is 5.73 Å². The predicted molar refractivity (Wildman–Crippen MR) is 94.1 cm³/mol. The molecular weight excluding hydrogens is 302 g/mol. The molecule has 1 aliphatic rings. The molecule has 4 N–H and O–H groups in total. The highest BCUT2D eigenvalue weighted by Gasteiger charge is 2.22. The van der Waals surface area contributed by atoms with Crippen molar-refractivity contribution in [2.75, 3.05) is 11.1 Å². The van der Waals surface area contributed by atoms with Crippen LogP contribution in [0.3, 0.4) is 0 Å². The summed E-state index contributed by atoms with van der Waals surface area (Å²) in [6.07, 6.45) is 1.72. The third kappa shape index (κ3) is 2.44. The molecule has 1 aliphatic carbocycles. The number of para-hydroxylation sites is 1. The number of aryl methyl sites for hydroxylation is 1. The van der Waals surface area contributed by atoms with E-state index in [-0.39, 0.29) is 11.7 Å². The number of nitrogen functional groups attached to an aromatic ring is 1. The Labute approximate surface area is 138 Å². The van der Waals surface area contributed by atoms with Gasteiger partial charge in [0.1, 0.15) is 5.78 Å². The summed E-state index contributed by atoms with van der Waals surface area (Å²) in [5, 5.41) is 3.85. The number of carbonyl (C=O) groups excluding carboxylic acids is 2. The van der Waals surface area contributed by atoms with Gasteiger partial charge >= 0.3 is 0 Å². The number of nitrogens with two attached hydrogens (primary N) is 1. The molecule has 2 aromatic carbocycles. The molecule has 0 fully saturated rings. The average molecular weight is 319 g/mol. The molecule has 1 amide bonds. The van der Waals surface area contributed by atoms with Crippen molar-refractivity contribution in [2.45, 2.75) is 19.3 Å². The summed E-state index contributed by atoms with van der Waals surface area (Å²) in [5.41, 5.74) is 10.5. The number of anilines is 2. The van der Waals surface area contributed by atoms with Gasteiger partial charge in [0.2, 0.25) is 0 Å². The minimum absolute atomic E-state index is 0.185. The molecule has 0 saturated carbocycles. The van der Waals surface area contributed by atoms with Gasteiger partial charge in [-0.2, -0.15) is 0 Å². The lowest BCUT2D eigenvalue weighted by Crippen LogP contribution is -2.12. The number of benzene rings is 2. The van der Waals surface area contributed by atoms with Crippen LogP contribution in [-0.4, -0.2) is 16.7 Å². The zero-order chi connectivity index (χ0) is 16.7. The van der Waals surface area contributed by atoms with E-state index in [1.807, 2.05) is 12.1 Å². The SMILES string of the molecule is Nc1ccc(NC(=O)c2cccc3c4c([nH]c23)CCC(=O)C4)cc1. The minimum Gasteiger partial charge on any atom is -0.399 e. The summed E-state index contributed by atoms with van der Waals surface area (Å²) in [7, 11) is 0. The van der Waals surface area contributed by atoms with E-state index < -0.39 is 0 Å². The van der Waals surface area contributed by atoms with E-state index in [1.54, 1.807) is 30.3 Å². The van der Waals surface area contributed by atoms with Crippen molar-refractivity contribution >= 4 is 34.0 Å². The fourth-order valence-corrected chi connectivity index (χ4v) is 3.25. The molecule has 0 radical (unpaired) electrons. The Morgan fingerprint density at radius 2 is 1.88 bits per heavy atom. The van der Waals surface area contributed by atoms with Crippen LogP contribution in [0.1, 0.15) is 28.0 Å². The molecule has 0 spiro atoms. The minimum atomic E-state index is -0.185. The third-order valence-electron chi connectivity index (χ3n) is 4.47. The lowest BCUT2D eigenvalue weighted by atomic mass is 9.94. The van der Waals surface area contributed by atoms with Crippen LogP contribution in [-0.2, 0) is 17.6 Å². The molecule has 0 saturated heterocycles. The highest BCUT2D eigenvalue weighted by atomic mass is 16.1. The molecule has 24 heavy (non-hydrogen) atoms. The number of hydrogen-bond donors (Lipinski definition) is 3. The van der Waals surface area contributed by atoms with Crippen LogP contribution in [0.5, 0.6) is 0 Å². The van der Waals surface area contributed by atoms with E-state index in [9.17, 15) is 9.59 Å². The normalized spacial score (nSPS) is 13.8. The zero-order valence-corrected chi connectivity index (χ0v) is 13.1. The lowest BCUT2D eigenvalue weighted by Gasteiger charge is -2.09. The standard InChI is InChI=1S/C19H17N3O2/c20-11-4-6-12(7-5-11)21-19(24)15-3-1-2-14-16-10-13(23)8-9-17(16)22-18(14)15/h1-7,22H,8-10,20H2,(H,21,24). The second-order valence-corrected chi connectivity index (χ2v) is 6.10. The Morgan fingerprint density at radius 1 is 1.08 bits per heavy atom. The zero-order valence-electron chi connectivity index (χ0n) is 13.1. The summed E-state index contributed by atoms with van der Waals surface area (Å²) in [5.74, 6) is 0.0652. The van der Waals surface area contributed by atoms with Crippen molar-refractivity contribution in [1.29, 1.82) is 0 Å². The molecule has 0 unspecified atom stereocenters. The number of rotatable bonds is 2. The van der Waals surface area contributed by atoms with E-state index in [1.165, 1.54) is 0 Å². The predicted octanol–water partition coefficient (Wildman–Crippen LogP) is 3.06. The molecule has 1 aromatic heterocycles. The number of aromatic nitrogens is 1. The Bertz CT molecular complexity index is 955. The Hall–Kier alpha value is -3.08. The van der Waals surface area contributed by atoms with Gasteiger partial charge in [-0.25, -0.2) is 0 Å². The largest absolute Gasteiger partial charge is 0.399 e. The number of hydrogen-bond acceptors (Lipinski definition) is 3. The van der Waals surface area contributed by atoms with Crippen molar-refractivity contribution in [2.24, 2.45) is 0 Å². The third-order valence-corrected chi connectivity index (χ3v) is 4.47. The van der Waals surface area contributed by atoms with E-state index in [2.05, 4.69) is 10.3 Å². The van der Waals surface area contributed by atoms with Crippen LogP contribution in [0.15, 0.2) is 42.5 Å². The molecule has 4 rings (SSSR count). The van der Waals surface area contributed by atoms with Crippen molar-refractivity contribution in [3.05, 3.63) is 59.3 Å². The number of ketones is 1. The van der Waals surface area contributed by atoms with Crippen molar-refractivity contribution in [3.63, 3.8) is 0 Å². The topological polar surface area (TPSA) is 88.0 Å². The van der Waals surface area contributed by atoms with Crippen molar-refractivity contribution in [1.82, 2.24) is 4.98 Å². The first-order valence-corrected chi connectivity index (χ1v) is 7.93. The van der Waals surface area contributed by atoms with Crippen molar-refractivity contribution in [3.8, 4) is 0 Å². The van der Waals surface area contributed by atoms with Gasteiger partial charge in [-0.1, -0.05) is 12.1 Å². The maximum Gasteiger partial charge on any atom is 0.257 e. The Kier molecular flexibility index (Phi) is 3.34. The summed E-state index contributed by atoms with van der Waals surface area (Å²) in [4.78, 5) is 27.8. The summed E-state index contributed by atoms with van der Waals surface area (Å²) >= 11 is 0. The number of carbonyl (C=O) groups is 2. The molecule has 0 aliphatic heterocycles. The number of Topliss-reactive ketones (excluding diaryl/α,β-unsaturated/α-hetero) is 1. The second-order valence-electron chi connectivity index (χ2n) is 6.10. The summed E-state index contributed by atoms with van der Waals surface area (Å²) < 4.78 is 0. The molecule has 1 heterocycles. The lowest BCUT2D eigenvalue weighted by molar-refractivity contribution is -0.118. The van der Waals surface area contributed by atoms with E-state index in [0.717, 1.165) is 22.2 Å². The molecular formula is C19H17N3O2. The van der Waals surface area contributed by atoms with E-state index >= 15 is 0 Å². The number of aromatic amines is 1. The fourth-order valence-electron chi connectivity index (χ4n) is 3.25. The highest BCUT2D eigenvalue weighted by Crippen LogP contribution is 2.30. The first-order valence-electron chi connectivity index (χ1n) is 7.93. The van der Waals surface area contributed by atoms with Gasteiger partial charge in [-0.3, -0.25) is 9.59 Å². The Morgan fingerprint density at radius 3 is 2.67 bits per heavy atom. The number of nitrogens with one attached hydrogen (secondary N) is 2. The highest BCUT2D eigenvalue weighted by molar-refractivity contribution is 6.13. The van der Waals surface area contributed by atoms with Gasteiger partial charge in [0, 0.05) is 35.3 Å². The van der Waals surface area contributed by atoms with Crippen molar-refractivity contribution < 1.29 is 9.59 Å². The maximum absolute atomic E-state index is 12.7. The van der Waals surface area contributed by atoms with Crippen LogP contribution in [0, 0.1) is 0 Å². The molecule has 5 heteroatoms. The second kappa shape index (κ2) is 5.53. The molecule has 3 aromatic rings. The summed E-state index contributed by atoms with van der Waals surface area (Å²) in [6, 6.07) is 12.6. The van der Waals surface area contributed by atoms with Crippen LogP contribution in [0.25, 0.3) is 10.9 Å². The van der Waals surface area contributed by atoms with Gasteiger partial charge < -0.3 is 16.0 Å². The Balaban J connectivity index is 1.72. The summed E-state index contributed by atoms with van der Waals surface area (Å²) in [6.45, 7) is 0. The number of fused-ring (bicyclic) bond motifs is 3. The van der Waals surface area contributed by atoms with Gasteiger partial charge in [-0.05, 0) is 42.3 Å². The van der Waals surface area contributed by atoms with Gasteiger partial charge in [-0.15, -0.1) is 0 Å². The smallest absolute Gasteiger partial charge is 0.257 e. The van der Waals surface area contributed by atoms with Crippen LogP contribution in [0.2, 0.25) is 0 Å². The van der Waals surface area contributed by atoms with Crippen LogP contribution in [0.4, 0.5) is 11.4 Å². The van der Waals surface area contributed by atoms with E-state index in [0.29, 0.717) is 36.2 Å². The average Bonchev–Trinajstić information content (AvgIpc) is 2.95.